The molecule has 2 amide bonds. The largest absolute Gasteiger partial charge is 0.492 e. The molecule has 1 aliphatic rings. The molecule has 1 aromatic carbocycles. The van der Waals surface area contributed by atoms with Crippen LogP contribution in [0.3, 0.4) is 0 Å². The molecule has 1 fully saturated rings. The fraction of sp³-hybridized carbons (Fsp3) is 0.562. The molecule has 0 saturated carbocycles. The van der Waals surface area contributed by atoms with Gasteiger partial charge in [-0.05, 0) is 44.7 Å². The van der Waals surface area contributed by atoms with Crippen LogP contribution in [0.2, 0.25) is 0 Å². The summed E-state index contributed by atoms with van der Waals surface area (Å²) in [6.07, 6.45) is 4.44. The summed E-state index contributed by atoms with van der Waals surface area (Å²) < 4.78 is 5.55. The van der Waals surface area contributed by atoms with Crippen molar-refractivity contribution in [2.45, 2.75) is 45.6 Å². The molecule has 1 aromatic rings. The minimum atomic E-state index is -0.0105. The predicted molar refractivity (Wildman–Crippen MR) is 81.3 cm³/mol. The van der Waals surface area contributed by atoms with Gasteiger partial charge in [0.15, 0.2) is 0 Å². The first-order valence-electron chi connectivity index (χ1n) is 7.55. The Bertz CT molecular complexity index is 448. The summed E-state index contributed by atoms with van der Waals surface area (Å²) in [5.41, 5.74) is 0.750. The summed E-state index contributed by atoms with van der Waals surface area (Å²) in [6.45, 7) is 5.52. The van der Waals surface area contributed by atoms with Crippen LogP contribution in [-0.4, -0.2) is 30.1 Å². The van der Waals surface area contributed by atoms with Crippen LogP contribution in [-0.2, 0) is 0 Å². The predicted octanol–water partition coefficient (Wildman–Crippen LogP) is 3.88. The highest BCUT2D eigenvalue weighted by Gasteiger charge is 2.25. The molecular formula is C16H24N2O2. The maximum absolute atomic E-state index is 12.5. The molecule has 1 heterocycles. The van der Waals surface area contributed by atoms with E-state index in [0.29, 0.717) is 12.6 Å². The first kappa shape index (κ1) is 14.7. The van der Waals surface area contributed by atoms with Gasteiger partial charge in [0.2, 0.25) is 0 Å². The van der Waals surface area contributed by atoms with Crippen LogP contribution in [0.4, 0.5) is 10.5 Å². The fourth-order valence-electron chi connectivity index (χ4n) is 2.73. The van der Waals surface area contributed by atoms with Crippen LogP contribution in [0, 0.1) is 0 Å². The Morgan fingerprint density at radius 1 is 1.35 bits per heavy atom. The number of ether oxygens (including phenoxy) is 1. The van der Waals surface area contributed by atoms with Gasteiger partial charge in [0.05, 0.1) is 12.3 Å². The van der Waals surface area contributed by atoms with E-state index in [1.165, 1.54) is 6.42 Å². The number of para-hydroxylation sites is 2. The molecule has 0 radical (unpaired) electrons. The van der Waals surface area contributed by atoms with Crippen LogP contribution >= 0.6 is 0 Å². The van der Waals surface area contributed by atoms with Gasteiger partial charge in [-0.1, -0.05) is 19.1 Å². The number of rotatable bonds is 4. The highest BCUT2D eigenvalue weighted by molar-refractivity contribution is 5.91. The molecule has 0 aromatic heterocycles. The quantitative estimate of drug-likeness (QED) is 0.906. The smallest absolute Gasteiger partial charge is 0.322 e. The molecule has 1 saturated heterocycles. The first-order chi connectivity index (χ1) is 9.76. The normalized spacial score (nSPS) is 18.7. The maximum Gasteiger partial charge on any atom is 0.322 e. The zero-order chi connectivity index (χ0) is 14.4. The number of piperidine rings is 1. The van der Waals surface area contributed by atoms with Crippen molar-refractivity contribution in [3.8, 4) is 5.75 Å². The lowest BCUT2D eigenvalue weighted by Gasteiger charge is -2.35. The van der Waals surface area contributed by atoms with Crippen molar-refractivity contribution >= 4 is 11.7 Å². The van der Waals surface area contributed by atoms with Gasteiger partial charge in [0, 0.05) is 12.6 Å². The van der Waals surface area contributed by atoms with E-state index in [-0.39, 0.29) is 6.03 Å². The average molecular weight is 276 g/mol. The van der Waals surface area contributed by atoms with Gasteiger partial charge in [-0.15, -0.1) is 0 Å². The van der Waals surface area contributed by atoms with E-state index in [4.69, 9.17) is 4.74 Å². The Morgan fingerprint density at radius 2 is 2.15 bits per heavy atom. The van der Waals surface area contributed by atoms with Crippen LogP contribution in [0.15, 0.2) is 24.3 Å². The number of hydrogen-bond acceptors (Lipinski definition) is 2. The Balaban J connectivity index is 2.07. The maximum atomic E-state index is 12.5. The molecule has 110 valence electrons. The number of likely N-dealkylation sites (tertiary alicyclic amines) is 1. The standard InChI is InChI=1S/C16H24N2O2/c1-3-13-9-7-8-12-18(13)16(19)17-14-10-5-6-11-15(14)20-4-2/h5-6,10-11,13H,3-4,7-9,12H2,1-2H3,(H,17,19)/t13-/m0/s1. The molecule has 0 spiro atoms. The monoisotopic (exact) mass is 276 g/mol. The molecule has 1 N–H and O–H groups in total. The Kier molecular flexibility index (Phi) is 5.27. The second kappa shape index (κ2) is 7.17. The summed E-state index contributed by atoms with van der Waals surface area (Å²) in [7, 11) is 0. The van der Waals surface area contributed by atoms with E-state index >= 15 is 0 Å². The summed E-state index contributed by atoms with van der Waals surface area (Å²) >= 11 is 0. The van der Waals surface area contributed by atoms with Crippen molar-refractivity contribution in [3.63, 3.8) is 0 Å². The number of amides is 2. The zero-order valence-electron chi connectivity index (χ0n) is 12.4. The molecule has 0 aliphatic carbocycles. The van der Waals surface area contributed by atoms with Crippen LogP contribution in [0.5, 0.6) is 5.75 Å². The first-order valence-corrected chi connectivity index (χ1v) is 7.55. The van der Waals surface area contributed by atoms with Crippen molar-refractivity contribution in [2.24, 2.45) is 0 Å². The van der Waals surface area contributed by atoms with Crippen LogP contribution in [0.25, 0.3) is 0 Å². The molecule has 0 unspecified atom stereocenters. The Labute approximate surface area is 121 Å². The van der Waals surface area contributed by atoms with E-state index in [2.05, 4.69) is 12.2 Å². The third-order valence-corrected chi connectivity index (χ3v) is 3.79. The molecule has 1 aliphatic heterocycles. The molecule has 4 heteroatoms. The topological polar surface area (TPSA) is 41.6 Å². The number of urea groups is 1. The van der Waals surface area contributed by atoms with Gasteiger partial charge >= 0.3 is 6.03 Å². The highest BCUT2D eigenvalue weighted by atomic mass is 16.5. The molecule has 20 heavy (non-hydrogen) atoms. The average Bonchev–Trinajstić information content (AvgIpc) is 2.49. The van der Waals surface area contributed by atoms with Crippen LogP contribution in [0.1, 0.15) is 39.5 Å². The van der Waals surface area contributed by atoms with Crippen LogP contribution < -0.4 is 10.1 Å². The molecule has 2 rings (SSSR count). The van der Waals surface area contributed by atoms with Crippen molar-refractivity contribution < 1.29 is 9.53 Å². The van der Waals surface area contributed by atoms with Gasteiger partial charge in [-0.25, -0.2) is 4.79 Å². The SMILES string of the molecule is CCOc1ccccc1NC(=O)N1CCCC[C@@H]1CC. The zero-order valence-corrected chi connectivity index (χ0v) is 12.4. The summed E-state index contributed by atoms with van der Waals surface area (Å²) in [5, 5.41) is 2.99. The number of carbonyl (C=O) groups is 1. The van der Waals surface area contributed by atoms with Crippen molar-refractivity contribution in [1.29, 1.82) is 0 Å². The molecule has 4 nitrogen and oxygen atoms in total. The van der Waals surface area contributed by atoms with Gasteiger partial charge in [-0.3, -0.25) is 0 Å². The van der Waals surface area contributed by atoms with Gasteiger partial charge in [0.1, 0.15) is 5.75 Å². The van der Waals surface area contributed by atoms with E-state index in [1.807, 2.05) is 36.1 Å². The third kappa shape index (κ3) is 3.44. The summed E-state index contributed by atoms with van der Waals surface area (Å²) in [4.78, 5) is 14.4. The lowest BCUT2D eigenvalue weighted by Crippen LogP contribution is -2.45. The lowest BCUT2D eigenvalue weighted by atomic mass is 10.0. The number of nitrogens with zero attached hydrogens (tertiary/aromatic N) is 1. The summed E-state index contributed by atoms with van der Waals surface area (Å²) in [6, 6.07) is 7.94. The van der Waals surface area contributed by atoms with E-state index in [9.17, 15) is 4.79 Å². The number of nitrogens with one attached hydrogen (secondary N) is 1. The van der Waals surface area contributed by atoms with Gasteiger partial charge in [-0.2, -0.15) is 0 Å². The number of benzene rings is 1. The Hall–Kier alpha value is -1.71. The minimum absolute atomic E-state index is 0.0105. The third-order valence-electron chi connectivity index (χ3n) is 3.79. The van der Waals surface area contributed by atoms with Gasteiger partial charge < -0.3 is 15.0 Å². The summed E-state index contributed by atoms with van der Waals surface area (Å²) in [5.74, 6) is 0.730. The molecule has 1 atom stereocenters. The minimum Gasteiger partial charge on any atom is -0.492 e. The van der Waals surface area contributed by atoms with Crippen molar-refractivity contribution in [1.82, 2.24) is 4.90 Å². The fourth-order valence-corrected chi connectivity index (χ4v) is 2.73. The highest BCUT2D eigenvalue weighted by Crippen LogP contribution is 2.26. The van der Waals surface area contributed by atoms with Crippen molar-refractivity contribution in [2.75, 3.05) is 18.5 Å². The number of anilines is 1. The Morgan fingerprint density at radius 3 is 2.90 bits per heavy atom. The van der Waals surface area contributed by atoms with E-state index in [1.54, 1.807) is 0 Å². The van der Waals surface area contributed by atoms with Crippen molar-refractivity contribution in [3.05, 3.63) is 24.3 Å². The van der Waals surface area contributed by atoms with Gasteiger partial charge in [0.25, 0.3) is 0 Å². The number of hydrogen-bond donors (Lipinski definition) is 1. The molecular weight excluding hydrogens is 252 g/mol. The van der Waals surface area contributed by atoms with E-state index in [0.717, 1.165) is 37.2 Å². The molecule has 0 bridgehead atoms. The van der Waals surface area contributed by atoms with E-state index < -0.39 is 0 Å². The second-order valence-electron chi connectivity index (χ2n) is 5.11. The number of carbonyl (C=O) groups excluding carboxylic acids is 1. The lowest BCUT2D eigenvalue weighted by molar-refractivity contribution is 0.160. The second-order valence-corrected chi connectivity index (χ2v) is 5.11.